The van der Waals surface area contributed by atoms with Gasteiger partial charge in [-0.1, -0.05) is 64.5 Å². The number of benzene rings is 3. The van der Waals surface area contributed by atoms with Gasteiger partial charge in [-0.05, 0) is 59.3 Å². The quantitative estimate of drug-likeness (QED) is 0.181. The van der Waals surface area contributed by atoms with Gasteiger partial charge in [0, 0.05) is 29.9 Å². The molecule has 0 spiro atoms. The second-order valence-electron chi connectivity index (χ2n) is 7.98. The summed E-state index contributed by atoms with van der Waals surface area (Å²) in [5.41, 5.74) is 2.52. The fourth-order valence-electron chi connectivity index (χ4n) is 4.23. The number of carbonyl (C=O) groups is 1. The van der Waals surface area contributed by atoms with Crippen molar-refractivity contribution in [2.45, 2.75) is 13.1 Å². The number of halogens is 5. The molecule has 182 valence electrons. The van der Waals surface area contributed by atoms with Crippen molar-refractivity contribution in [1.82, 2.24) is 9.55 Å². The predicted octanol–water partition coefficient (Wildman–Crippen LogP) is 8.91. The molecule has 5 aromatic rings. The van der Waals surface area contributed by atoms with Gasteiger partial charge in [0.2, 0.25) is 0 Å². The van der Waals surface area contributed by atoms with Gasteiger partial charge in [-0.15, -0.1) is 0 Å². The number of nitrogens with zero attached hydrogens (tertiary/aromatic N) is 2. The Kier molecular flexibility index (Phi) is 6.54. The zero-order valence-corrected chi connectivity index (χ0v) is 22.5. The molecule has 0 fully saturated rings. The fraction of sp³-hybridized carbons (Fsp3) is 0.111. The van der Waals surface area contributed by atoms with E-state index in [1.165, 1.54) is 6.07 Å². The molecule has 5 rings (SSSR count). The molecule has 0 saturated heterocycles. The molecule has 0 aliphatic rings. The van der Waals surface area contributed by atoms with Crippen LogP contribution in [0.1, 0.15) is 12.5 Å². The van der Waals surface area contributed by atoms with Gasteiger partial charge in [0.1, 0.15) is 0 Å². The highest BCUT2D eigenvalue weighted by atomic mass is 127. The molecule has 0 aliphatic heterocycles. The second-order valence-corrected chi connectivity index (χ2v) is 9.98. The highest BCUT2D eigenvalue weighted by Crippen LogP contribution is 2.43. The third kappa shape index (κ3) is 4.28. The molecular weight excluding hydrogens is 648 g/mol. The molecule has 2 aromatic heterocycles. The summed E-state index contributed by atoms with van der Waals surface area (Å²) < 4.78 is 49.0. The Hall–Kier alpha value is -2.92. The molecular formula is C27H17BrF3IN2O2. The highest BCUT2D eigenvalue weighted by Gasteiger charge is 2.33. The van der Waals surface area contributed by atoms with Gasteiger partial charge in [-0.3, -0.25) is 0 Å². The number of hydrogen-bond donors (Lipinski definition) is 0. The van der Waals surface area contributed by atoms with E-state index < -0.39 is 17.8 Å². The summed E-state index contributed by atoms with van der Waals surface area (Å²) in [5.74, 6) is 0. The van der Waals surface area contributed by atoms with Crippen molar-refractivity contribution in [2.24, 2.45) is 0 Å². The van der Waals surface area contributed by atoms with Crippen LogP contribution in [0.15, 0.2) is 77.3 Å². The van der Waals surface area contributed by atoms with E-state index >= 15 is 0 Å². The first kappa shape index (κ1) is 24.8. The van der Waals surface area contributed by atoms with Crippen LogP contribution < -0.4 is 0 Å². The minimum atomic E-state index is -4.57. The number of ether oxygens (including phenoxy) is 1. The van der Waals surface area contributed by atoms with Crippen molar-refractivity contribution in [3.63, 3.8) is 0 Å². The highest BCUT2D eigenvalue weighted by molar-refractivity contribution is 14.1. The van der Waals surface area contributed by atoms with Crippen LogP contribution in [0.5, 0.6) is 0 Å². The maximum Gasteiger partial charge on any atom is 0.420 e. The van der Waals surface area contributed by atoms with Crippen LogP contribution in [-0.2, 0) is 10.9 Å². The Bertz CT molecular complexity index is 1610. The van der Waals surface area contributed by atoms with Crippen LogP contribution in [0, 0.1) is 3.57 Å². The molecule has 4 nitrogen and oxygen atoms in total. The van der Waals surface area contributed by atoms with Crippen molar-refractivity contribution in [3.05, 3.63) is 86.4 Å². The first-order chi connectivity index (χ1) is 17.2. The van der Waals surface area contributed by atoms with Gasteiger partial charge in [0.15, 0.2) is 5.65 Å². The summed E-state index contributed by atoms with van der Waals surface area (Å²) in [7, 11) is 0. The van der Waals surface area contributed by atoms with Crippen LogP contribution in [0.25, 0.3) is 44.3 Å². The van der Waals surface area contributed by atoms with E-state index in [0.29, 0.717) is 16.5 Å². The maximum absolute atomic E-state index is 13.6. The Balaban J connectivity index is 1.99. The first-order valence-electron chi connectivity index (χ1n) is 10.9. The summed E-state index contributed by atoms with van der Waals surface area (Å²) >= 11 is 5.68. The zero-order chi connectivity index (χ0) is 25.6. The smallest absolute Gasteiger partial charge is 0.420 e. The number of hydrogen-bond acceptors (Lipinski definition) is 3. The standard InChI is InChI=1S/C27H17BrF3IN2O2/c1-2-36-26(35)34-20-14-17(27(29,30)31)10-13-19(20)22-21(15-8-11-18(28)12-9-15)23(32)24(33-25(22)34)16-6-4-3-5-7-16/h3-14H,2H2,1H3. The Labute approximate surface area is 226 Å². The van der Waals surface area contributed by atoms with E-state index in [0.717, 1.165) is 41.4 Å². The van der Waals surface area contributed by atoms with E-state index in [-0.39, 0.29) is 17.8 Å². The van der Waals surface area contributed by atoms with Crippen molar-refractivity contribution >= 4 is 66.6 Å². The third-order valence-corrected chi connectivity index (χ3v) is 7.38. The largest absolute Gasteiger partial charge is 0.449 e. The average Bonchev–Trinajstić information content (AvgIpc) is 3.18. The van der Waals surface area contributed by atoms with Crippen LogP contribution >= 0.6 is 38.5 Å². The van der Waals surface area contributed by atoms with Crippen LogP contribution in [0.2, 0.25) is 0 Å². The normalized spacial score (nSPS) is 11.8. The Morgan fingerprint density at radius 3 is 2.36 bits per heavy atom. The number of aromatic nitrogens is 2. The zero-order valence-electron chi connectivity index (χ0n) is 18.7. The molecule has 36 heavy (non-hydrogen) atoms. The lowest BCUT2D eigenvalue weighted by molar-refractivity contribution is -0.137. The number of rotatable bonds is 3. The number of fused-ring (bicyclic) bond motifs is 3. The molecule has 0 bridgehead atoms. The topological polar surface area (TPSA) is 44.1 Å². The summed E-state index contributed by atoms with van der Waals surface area (Å²) in [4.78, 5) is 18.0. The van der Waals surface area contributed by atoms with Gasteiger partial charge in [-0.25, -0.2) is 14.3 Å². The Morgan fingerprint density at radius 2 is 1.72 bits per heavy atom. The van der Waals surface area contributed by atoms with E-state index in [9.17, 15) is 18.0 Å². The summed E-state index contributed by atoms with van der Waals surface area (Å²) in [6.45, 7) is 1.71. The SMILES string of the molecule is CCOC(=O)n1c2cc(C(F)(F)F)ccc2c2c(-c3ccc(Br)cc3)c(I)c(-c3ccccc3)nc21. The molecule has 0 saturated carbocycles. The van der Waals surface area contributed by atoms with Gasteiger partial charge < -0.3 is 4.74 Å². The van der Waals surface area contributed by atoms with Gasteiger partial charge >= 0.3 is 12.3 Å². The molecule has 3 aromatic carbocycles. The number of pyridine rings is 1. The molecule has 0 N–H and O–H groups in total. The molecule has 0 atom stereocenters. The monoisotopic (exact) mass is 664 g/mol. The van der Waals surface area contributed by atoms with Gasteiger partial charge in [0.05, 0.1) is 23.4 Å². The van der Waals surface area contributed by atoms with E-state index in [2.05, 4.69) is 38.5 Å². The van der Waals surface area contributed by atoms with Gasteiger partial charge in [-0.2, -0.15) is 13.2 Å². The van der Waals surface area contributed by atoms with Crippen molar-refractivity contribution in [3.8, 4) is 22.4 Å². The molecule has 0 aliphatic carbocycles. The predicted molar refractivity (Wildman–Crippen MR) is 146 cm³/mol. The van der Waals surface area contributed by atoms with Crippen LogP contribution in [-0.4, -0.2) is 22.3 Å². The molecule has 0 amide bonds. The van der Waals surface area contributed by atoms with E-state index in [4.69, 9.17) is 9.72 Å². The first-order valence-corrected chi connectivity index (χ1v) is 12.8. The average molecular weight is 665 g/mol. The van der Waals surface area contributed by atoms with Crippen LogP contribution in [0.3, 0.4) is 0 Å². The molecule has 0 radical (unpaired) electrons. The van der Waals surface area contributed by atoms with Crippen molar-refractivity contribution < 1.29 is 22.7 Å². The second kappa shape index (κ2) is 9.51. The fourth-order valence-corrected chi connectivity index (χ4v) is 5.51. The minimum absolute atomic E-state index is 0.0639. The maximum atomic E-state index is 13.6. The lowest BCUT2D eigenvalue weighted by atomic mass is 9.98. The lowest BCUT2D eigenvalue weighted by Gasteiger charge is -2.13. The molecule has 9 heteroatoms. The summed E-state index contributed by atoms with van der Waals surface area (Å²) in [6.07, 6.45) is -5.36. The van der Waals surface area contributed by atoms with Crippen LogP contribution in [0.4, 0.5) is 18.0 Å². The summed E-state index contributed by atoms with van der Waals surface area (Å²) in [5, 5.41) is 1.06. The van der Waals surface area contributed by atoms with Crippen molar-refractivity contribution in [2.75, 3.05) is 6.61 Å². The molecule has 0 unspecified atom stereocenters. The number of alkyl halides is 3. The van der Waals surface area contributed by atoms with Crippen molar-refractivity contribution in [1.29, 1.82) is 0 Å². The summed E-state index contributed by atoms with van der Waals surface area (Å²) in [6, 6.07) is 20.5. The van der Waals surface area contributed by atoms with Gasteiger partial charge in [0.25, 0.3) is 0 Å². The lowest BCUT2D eigenvalue weighted by Crippen LogP contribution is -2.14. The van der Waals surface area contributed by atoms with E-state index in [1.807, 2.05) is 54.6 Å². The number of carbonyl (C=O) groups excluding carboxylic acids is 1. The van der Waals surface area contributed by atoms with E-state index in [1.54, 1.807) is 6.92 Å². The minimum Gasteiger partial charge on any atom is -0.449 e. The molecule has 2 heterocycles. The third-order valence-electron chi connectivity index (χ3n) is 5.80. The Morgan fingerprint density at radius 1 is 1.03 bits per heavy atom.